The summed E-state index contributed by atoms with van der Waals surface area (Å²) in [7, 11) is -3.83. The fraction of sp³-hybridized carbons (Fsp3) is 0.250. The third kappa shape index (κ3) is 3.76. The van der Waals surface area contributed by atoms with E-state index in [1.54, 1.807) is 6.92 Å². The minimum atomic E-state index is -3.83. The zero-order chi connectivity index (χ0) is 17.3. The van der Waals surface area contributed by atoms with Crippen LogP contribution in [0.1, 0.15) is 13.3 Å². The van der Waals surface area contributed by atoms with Crippen molar-refractivity contribution < 1.29 is 18.1 Å². The minimum absolute atomic E-state index is 0.111. The summed E-state index contributed by atoms with van der Waals surface area (Å²) in [5, 5.41) is 25.7. The lowest BCUT2D eigenvalue weighted by Gasteiger charge is -2.13. The van der Waals surface area contributed by atoms with Crippen molar-refractivity contribution >= 4 is 21.6 Å². The Kier molecular flexibility index (Phi) is 4.25. The molecule has 1 amide bonds. The third-order valence-electron chi connectivity index (χ3n) is 3.02. The van der Waals surface area contributed by atoms with E-state index in [1.165, 1.54) is 30.3 Å². The molecule has 11 heteroatoms. The molecule has 23 heavy (non-hydrogen) atoms. The first kappa shape index (κ1) is 16.7. The first-order chi connectivity index (χ1) is 10.6. The normalized spacial score (nSPS) is 20.2. The smallest absolute Gasteiger partial charge is 0.326 e. The molecule has 1 aromatic rings. The molecule has 1 aliphatic heterocycles. The molecule has 1 unspecified atom stereocenters. The maximum absolute atomic E-state index is 12.0. The van der Waals surface area contributed by atoms with Crippen molar-refractivity contribution in [2.75, 3.05) is 5.32 Å². The Morgan fingerprint density at radius 2 is 2.00 bits per heavy atom. The maximum Gasteiger partial charge on any atom is 0.359 e. The standard InChI is InChI=1S/C12H13N5O5S/c1-8-6-12(16-15-8,17(19)20)7-11(18)14-9-2-4-10(5-3-9)23(13,21)22/h2-6H,7H2,1H3,(H,14,18)(H2,13,21,22). The zero-order valence-corrected chi connectivity index (χ0v) is 12.8. The molecule has 2 rings (SSSR count). The number of sulfonamides is 1. The summed E-state index contributed by atoms with van der Waals surface area (Å²) in [6, 6.07) is 5.09. The Balaban J connectivity index is 2.11. The molecule has 0 saturated heterocycles. The van der Waals surface area contributed by atoms with Gasteiger partial charge in [-0.2, -0.15) is 5.11 Å². The van der Waals surface area contributed by atoms with Crippen molar-refractivity contribution in [1.82, 2.24) is 0 Å². The van der Waals surface area contributed by atoms with Gasteiger partial charge < -0.3 is 5.32 Å². The van der Waals surface area contributed by atoms with E-state index in [2.05, 4.69) is 15.5 Å². The molecule has 1 heterocycles. The highest BCUT2D eigenvalue weighted by atomic mass is 32.2. The van der Waals surface area contributed by atoms with Crippen LogP contribution >= 0.6 is 0 Å². The van der Waals surface area contributed by atoms with Crippen LogP contribution in [0.2, 0.25) is 0 Å². The van der Waals surface area contributed by atoms with Gasteiger partial charge in [-0.05, 0) is 31.2 Å². The van der Waals surface area contributed by atoms with Gasteiger partial charge in [0.05, 0.1) is 15.5 Å². The van der Waals surface area contributed by atoms with Crippen molar-refractivity contribution in [2.45, 2.75) is 23.9 Å². The number of hydrogen-bond acceptors (Lipinski definition) is 7. The number of rotatable bonds is 5. The van der Waals surface area contributed by atoms with Gasteiger partial charge in [-0.3, -0.25) is 14.9 Å². The monoisotopic (exact) mass is 339 g/mol. The van der Waals surface area contributed by atoms with E-state index in [0.717, 1.165) is 0 Å². The molecular formula is C12H13N5O5S. The van der Waals surface area contributed by atoms with E-state index in [4.69, 9.17) is 5.14 Å². The highest BCUT2D eigenvalue weighted by Crippen LogP contribution is 2.28. The highest BCUT2D eigenvalue weighted by molar-refractivity contribution is 7.89. The van der Waals surface area contributed by atoms with Crippen LogP contribution in [-0.2, 0) is 14.8 Å². The summed E-state index contributed by atoms with van der Waals surface area (Å²) < 4.78 is 22.3. The Morgan fingerprint density at radius 3 is 2.43 bits per heavy atom. The van der Waals surface area contributed by atoms with E-state index in [0.29, 0.717) is 5.70 Å². The van der Waals surface area contributed by atoms with Crippen LogP contribution in [0.4, 0.5) is 5.69 Å². The van der Waals surface area contributed by atoms with E-state index in [1.807, 2.05) is 0 Å². The van der Waals surface area contributed by atoms with Crippen LogP contribution in [0.15, 0.2) is 51.2 Å². The van der Waals surface area contributed by atoms with Gasteiger partial charge in [0.2, 0.25) is 15.9 Å². The zero-order valence-electron chi connectivity index (χ0n) is 12.0. The lowest BCUT2D eigenvalue weighted by Crippen LogP contribution is -2.37. The number of azo groups is 1. The molecule has 122 valence electrons. The molecule has 0 aliphatic carbocycles. The predicted molar refractivity (Wildman–Crippen MR) is 79.4 cm³/mol. The van der Waals surface area contributed by atoms with Gasteiger partial charge in [0, 0.05) is 11.8 Å². The van der Waals surface area contributed by atoms with Crippen LogP contribution < -0.4 is 10.5 Å². The van der Waals surface area contributed by atoms with Crippen molar-refractivity contribution in [3.8, 4) is 0 Å². The quantitative estimate of drug-likeness (QED) is 0.604. The van der Waals surface area contributed by atoms with E-state index in [9.17, 15) is 23.3 Å². The average Bonchev–Trinajstić information content (AvgIpc) is 2.80. The van der Waals surface area contributed by atoms with E-state index in [-0.39, 0.29) is 10.6 Å². The Hall–Kier alpha value is -2.66. The van der Waals surface area contributed by atoms with Crippen molar-refractivity contribution in [3.63, 3.8) is 0 Å². The largest absolute Gasteiger partial charge is 0.359 e. The Bertz CT molecular complexity index is 815. The minimum Gasteiger partial charge on any atom is -0.326 e. The third-order valence-corrected chi connectivity index (χ3v) is 3.95. The Labute approximate surface area is 131 Å². The lowest BCUT2D eigenvalue weighted by molar-refractivity contribution is -0.552. The average molecular weight is 339 g/mol. The van der Waals surface area contributed by atoms with Gasteiger partial charge >= 0.3 is 5.66 Å². The summed E-state index contributed by atoms with van der Waals surface area (Å²) in [6.45, 7) is 1.54. The molecule has 0 bridgehead atoms. The van der Waals surface area contributed by atoms with Crippen molar-refractivity contribution in [1.29, 1.82) is 0 Å². The number of nitrogens with one attached hydrogen (secondary N) is 1. The second-order valence-corrected chi connectivity index (χ2v) is 6.48. The van der Waals surface area contributed by atoms with Gasteiger partial charge in [0.15, 0.2) is 0 Å². The number of anilines is 1. The first-order valence-corrected chi connectivity index (χ1v) is 7.87. The first-order valence-electron chi connectivity index (χ1n) is 6.32. The second-order valence-electron chi connectivity index (χ2n) is 4.92. The van der Waals surface area contributed by atoms with E-state index < -0.39 is 32.9 Å². The van der Waals surface area contributed by atoms with Crippen LogP contribution in [0, 0.1) is 10.1 Å². The summed E-state index contributed by atoms with van der Waals surface area (Å²) in [5.74, 6) is -0.657. The van der Waals surface area contributed by atoms with Gasteiger partial charge in [0.1, 0.15) is 6.42 Å². The fourth-order valence-corrected chi connectivity index (χ4v) is 2.48. The van der Waals surface area contributed by atoms with Crippen LogP contribution in [-0.4, -0.2) is 24.9 Å². The maximum atomic E-state index is 12.0. The molecule has 1 atom stereocenters. The van der Waals surface area contributed by atoms with Crippen molar-refractivity contribution in [3.05, 3.63) is 46.2 Å². The number of nitro groups is 1. The molecule has 0 saturated carbocycles. The number of benzene rings is 1. The molecule has 0 fully saturated rings. The topological polar surface area (TPSA) is 157 Å². The number of carbonyl (C=O) groups is 1. The molecule has 0 spiro atoms. The molecule has 1 aromatic carbocycles. The number of amides is 1. The number of carbonyl (C=O) groups excluding carboxylic acids is 1. The van der Waals surface area contributed by atoms with Gasteiger partial charge in [-0.25, -0.2) is 13.6 Å². The molecule has 1 aliphatic rings. The van der Waals surface area contributed by atoms with Gasteiger partial charge in [-0.15, -0.1) is 5.11 Å². The van der Waals surface area contributed by atoms with Crippen LogP contribution in [0.25, 0.3) is 0 Å². The SMILES string of the molecule is CC1=CC(CC(=O)Nc2ccc(S(N)(=O)=O)cc2)([N+](=O)[O-])N=N1. The van der Waals surface area contributed by atoms with Gasteiger partial charge in [-0.1, -0.05) is 0 Å². The number of hydrogen-bond donors (Lipinski definition) is 2. The summed E-state index contributed by atoms with van der Waals surface area (Å²) >= 11 is 0. The molecule has 0 aromatic heterocycles. The predicted octanol–water partition coefficient (Wildman–Crippen LogP) is 1.01. The lowest BCUT2D eigenvalue weighted by atomic mass is 10.1. The number of nitrogens with zero attached hydrogens (tertiary/aromatic N) is 3. The Morgan fingerprint density at radius 1 is 1.39 bits per heavy atom. The van der Waals surface area contributed by atoms with Crippen molar-refractivity contribution in [2.24, 2.45) is 15.4 Å². The molecule has 10 nitrogen and oxygen atoms in total. The molecular weight excluding hydrogens is 326 g/mol. The number of nitrogens with two attached hydrogens (primary N) is 1. The number of allylic oxidation sites excluding steroid dienone is 1. The van der Waals surface area contributed by atoms with Gasteiger partial charge in [0.25, 0.3) is 0 Å². The van der Waals surface area contributed by atoms with Crippen LogP contribution in [0.3, 0.4) is 0 Å². The fourth-order valence-electron chi connectivity index (χ4n) is 1.97. The second kappa shape index (κ2) is 5.85. The van der Waals surface area contributed by atoms with Crippen LogP contribution in [0.5, 0.6) is 0 Å². The van der Waals surface area contributed by atoms with E-state index >= 15 is 0 Å². The number of primary sulfonamides is 1. The summed E-state index contributed by atoms with van der Waals surface area (Å²) in [5.41, 5.74) is -1.28. The molecule has 3 N–H and O–H groups in total. The molecule has 0 radical (unpaired) electrons. The summed E-state index contributed by atoms with van der Waals surface area (Å²) in [6.07, 6.45) is 0.675. The highest BCUT2D eigenvalue weighted by Gasteiger charge is 2.46. The summed E-state index contributed by atoms with van der Waals surface area (Å²) in [4.78, 5) is 22.3.